The molecule has 7 nitrogen and oxygen atoms in total. The van der Waals surface area contributed by atoms with E-state index in [1.54, 1.807) is 12.1 Å². The molecule has 1 amide bonds. The Morgan fingerprint density at radius 1 is 1.37 bits per heavy atom. The van der Waals surface area contributed by atoms with Crippen molar-refractivity contribution in [2.24, 2.45) is 0 Å². The molecular formula is C17H17ClN4O3S2. The first kappa shape index (κ1) is 19.7. The number of non-ortho nitro benzene ring substituents is 1. The Kier molecular flexibility index (Phi) is 5.75. The number of halogens is 1. The molecule has 1 aromatic carbocycles. The first-order valence-electron chi connectivity index (χ1n) is 8.23. The van der Waals surface area contributed by atoms with E-state index in [-0.39, 0.29) is 24.0 Å². The zero-order valence-electron chi connectivity index (χ0n) is 14.4. The molecule has 3 aromatic rings. The molecule has 0 saturated carbocycles. The molecule has 0 spiro atoms. The summed E-state index contributed by atoms with van der Waals surface area (Å²) in [5, 5.41) is 15.1. The number of likely N-dealkylation sites (N-methyl/N-ethyl adjacent to an activating group) is 1. The number of rotatable bonds is 4. The van der Waals surface area contributed by atoms with Gasteiger partial charge in [-0.25, -0.2) is 4.98 Å². The lowest BCUT2D eigenvalue weighted by Crippen LogP contribution is -2.29. The van der Waals surface area contributed by atoms with Crippen LogP contribution in [0.2, 0.25) is 0 Å². The van der Waals surface area contributed by atoms with Crippen molar-refractivity contribution in [3.05, 3.63) is 49.8 Å². The Labute approximate surface area is 169 Å². The van der Waals surface area contributed by atoms with Crippen molar-refractivity contribution in [1.82, 2.24) is 9.88 Å². The summed E-state index contributed by atoms with van der Waals surface area (Å²) in [6, 6.07) is 6.31. The van der Waals surface area contributed by atoms with Crippen LogP contribution < -0.4 is 5.32 Å². The van der Waals surface area contributed by atoms with Crippen molar-refractivity contribution in [2.45, 2.75) is 19.9 Å². The van der Waals surface area contributed by atoms with Crippen LogP contribution in [0, 0.1) is 10.1 Å². The number of carbonyl (C=O) groups is 1. The number of thiophene rings is 1. The summed E-state index contributed by atoms with van der Waals surface area (Å²) in [5.74, 6) is -0.229. The minimum absolute atomic E-state index is 0. The fourth-order valence-electron chi connectivity index (χ4n) is 2.99. The highest BCUT2D eigenvalue weighted by molar-refractivity contribution is 7.21. The van der Waals surface area contributed by atoms with Gasteiger partial charge < -0.3 is 0 Å². The zero-order chi connectivity index (χ0) is 18.3. The topological polar surface area (TPSA) is 88.4 Å². The third kappa shape index (κ3) is 3.96. The lowest BCUT2D eigenvalue weighted by atomic mass is 10.2. The first-order chi connectivity index (χ1) is 12.5. The van der Waals surface area contributed by atoms with Crippen LogP contribution in [0.25, 0.3) is 10.1 Å². The number of nitro groups is 1. The summed E-state index contributed by atoms with van der Waals surface area (Å²) in [4.78, 5) is 31.6. The predicted molar refractivity (Wildman–Crippen MR) is 110 cm³/mol. The van der Waals surface area contributed by atoms with Crippen LogP contribution >= 0.6 is 35.1 Å². The van der Waals surface area contributed by atoms with Crippen molar-refractivity contribution >= 4 is 61.9 Å². The fraction of sp³-hybridized carbons (Fsp3) is 0.294. The van der Waals surface area contributed by atoms with Gasteiger partial charge in [-0.05, 0) is 18.7 Å². The molecule has 3 heterocycles. The monoisotopic (exact) mass is 424 g/mol. The molecule has 0 bridgehead atoms. The molecule has 1 aliphatic rings. The second-order valence-corrected chi connectivity index (χ2v) is 8.22. The van der Waals surface area contributed by atoms with Crippen LogP contribution in [-0.2, 0) is 13.0 Å². The Hall–Kier alpha value is -2.07. The summed E-state index contributed by atoms with van der Waals surface area (Å²) in [5.41, 5.74) is 1.09. The van der Waals surface area contributed by atoms with Gasteiger partial charge in [-0.3, -0.25) is 25.1 Å². The van der Waals surface area contributed by atoms with Crippen LogP contribution in [-0.4, -0.2) is 33.8 Å². The molecule has 0 unspecified atom stereocenters. The molecule has 2 aromatic heterocycles. The summed E-state index contributed by atoms with van der Waals surface area (Å²) in [6.45, 7) is 5.02. The molecule has 0 fully saturated rings. The Morgan fingerprint density at radius 2 is 2.19 bits per heavy atom. The molecule has 4 rings (SSSR count). The molecule has 142 valence electrons. The lowest BCUT2D eigenvalue weighted by molar-refractivity contribution is -0.384. The molecule has 0 radical (unpaired) electrons. The van der Waals surface area contributed by atoms with E-state index in [1.165, 1.54) is 39.7 Å². The van der Waals surface area contributed by atoms with Crippen LogP contribution in [0.15, 0.2) is 24.3 Å². The van der Waals surface area contributed by atoms with E-state index in [0.29, 0.717) is 15.4 Å². The third-order valence-electron chi connectivity index (χ3n) is 4.41. The molecule has 1 N–H and O–H groups in total. The summed E-state index contributed by atoms with van der Waals surface area (Å²) >= 11 is 2.84. The highest BCUT2D eigenvalue weighted by Crippen LogP contribution is 2.31. The van der Waals surface area contributed by atoms with E-state index in [4.69, 9.17) is 0 Å². The van der Waals surface area contributed by atoms with Gasteiger partial charge in [0.25, 0.3) is 11.6 Å². The van der Waals surface area contributed by atoms with E-state index >= 15 is 0 Å². The molecule has 27 heavy (non-hydrogen) atoms. The number of amides is 1. The molecule has 0 atom stereocenters. The van der Waals surface area contributed by atoms with Gasteiger partial charge in [-0.15, -0.1) is 35.1 Å². The number of fused-ring (bicyclic) bond motifs is 2. The van der Waals surface area contributed by atoms with Crippen LogP contribution in [0.3, 0.4) is 0 Å². The minimum Gasteiger partial charge on any atom is -0.298 e. The molecular weight excluding hydrogens is 408 g/mol. The van der Waals surface area contributed by atoms with E-state index < -0.39 is 4.92 Å². The number of carbonyl (C=O) groups excluding carboxylic acids is 1. The number of thiazole rings is 1. The van der Waals surface area contributed by atoms with E-state index in [1.807, 2.05) is 0 Å². The number of nitrogens with zero attached hydrogens (tertiary/aromatic N) is 3. The second kappa shape index (κ2) is 7.89. The van der Waals surface area contributed by atoms with Crippen LogP contribution in [0.1, 0.15) is 27.2 Å². The Bertz CT molecular complexity index is 1020. The highest BCUT2D eigenvalue weighted by Gasteiger charge is 2.21. The number of hydrogen-bond donors (Lipinski definition) is 1. The van der Waals surface area contributed by atoms with Crippen LogP contribution in [0.4, 0.5) is 10.8 Å². The number of hydrogen-bond acceptors (Lipinski definition) is 7. The van der Waals surface area contributed by atoms with E-state index in [2.05, 4.69) is 22.1 Å². The second-order valence-electron chi connectivity index (χ2n) is 6.05. The summed E-state index contributed by atoms with van der Waals surface area (Å²) in [7, 11) is 0. The quantitative estimate of drug-likeness (QED) is 0.497. The van der Waals surface area contributed by atoms with Gasteiger partial charge in [-0.1, -0.05) is 6.92 Å². The predicted octanol–water partition coefficient (Wildman–Crippen LogP) is 4.32. The minimum atomic E-state index is -0.434. The third-order valence-corrected chi connectivity index (χ3v) is 6.53. The van der Waals surface area contributed by atoms with Crippen molar-refractivity contribution < 1.29 is 9.72 Å². The van der Waals surface area contributed by atoms with E-state index in [0.717, 1.165) is 36.4 Å². The van der Waals surface area contributed by atoms with Gasteiger partial charge >= 0.3 is 0 Å². The van der Waals surface area contributed by atoms with Crippen LogP contribution in [0.5, 0.6) is 0 Å². The average molecular weight is 425 g/mol. The molecule has 1 aliphatic heterocycles. The first-order valence-corrected chi connectivity index (χ1v) is 9.87. The standard InChI is InChI=1S/C17H16N4O3S2.ClH/c1-2-20-6-5-12-15(9-20)26-17(18-12)19-16(22)14-8-10-7-11(21(23)24)3-4-13(10)25-14;/h3-4,7-8H,2,5-6,9H2,1H3,(H,18,19,22);1H. The molecule has 0 aliphatic carbocycles. The smallest absolute Gasteiger partial charge is 0.270 e. The number of nitrogens with one attached hydrogen (secondary N) is 1. The van der Waals surface area contributed by atoms with Crippen molar-refractivity contribution in [3.63, 3.8) is 0 Å². The van der Waals surface area contributed by atoms with Gasteiger partial charge in [0.05, 0.1) is 15.5 Å². The van der Waals surface area contributed by atoms with Gasteiger partial charge in [0, 0.05) is 46.6 Å². The zero-order valence-corrected chi connectivity index (χ0v) is 16.9. The maximum absolute atomic E-state index is 12.6. The number of aromatic nitrogens is 1. The molecule has 10 heteroatoms. The van der Waals surface area contributed by atoms with Gasteiger partial charge in [0.15, 0.2) is 5.13 Å². The van der Waals surface area contributed by atoms with Gasteiger partial charge in [0.2, 0.25) is 0 Å². The average Bonchev–Trinajstić information content (AvgIpc) is 3.23. The Balaban J connectivity index is 0.00000210. The van der Waals surface area contributed by atoms with Crippen molar-refractivity contribution in [3.8, 4) is 0 Å². The molecule has 0 saturated heterocycles. The Morgan fingerprint density at radius 3 is 2.93 bits per heavy atom. The highest BCUT2D eigenvalue weighted by atomic mass is 35.5. The maximum atomic E-state index is 12.6. The summed E-state index contributed by atoms with van der Waals surface area (Å²) in [6.07, 6.45) is 0.905. The van der Waals surface area contributed by atoms with Gasteiger partial charge in [-0.2, -0.15) is 0 Å². The number of nitro benzene ring substituents is 1. The largest absolute Gasteiger partial charge is 0.298 e. The lowest BCUT2D eigenvalue weighted by Gasteiger charge is -2.23. The number of benzene rings is 1. The van der Waals surface area contributed by atoms with Gasteiger partial charge in [0.1, 0.15) is 0 Å². The van der Waals surface area contributed by atoms with Crippen molar-refractivity contribution in [2.75, 3.05) is 18.4 Å². The normalized spacial score (nSPS) is 13.8. The fourth-order valence-corrected chi connectivity index (χ4v) is 4.97. The van der Waals surface area contributed by atoms with E-state index in [9.17, 15) is 14.9 Å². The summed E-state index contributed by atoms with van der Waals surface area (Å²) < 4.78 is 0.845. The van der Waals surface area contributed by atoms with Crippen molar-refractivity contribution in [1.29, 1.82) is 0 Å². The SMILES string of the molecule is CCN1CCc2nc(NC(=O)c3cc4cc([N+](=O)[O-])ccc4s3)sc2C1.Cl. The number of anilines is 1. The maximum Gasteiger partial charge on any atom is 0.270 e.